The Morgan fingerprint density at radius 1 is 1.32 bits per heavy atom. The van der Waals surface area contributed by atoms with Gasteiger partial charge in [0.15, 0.2) is 0 Å². The van der Waals surface area contributed by atoms with Gasteiger partial charge in [-0.2, -0.15) is 11.3 Å². The highest BCUT2D eigenvalue weighted by atomic mass is 32.1. The van der Waals surface area contributed by atoms with Crippen molar-refractivity contribution in [1.29, 1.82) is 0 Å². The molecule has 0 bridgehead atoms. The number of benzene rings is 1. The van der Waals surface area contributed by atoms with Gasteiger partial charge in [-0.15, -0.1) is 0 Å². The van der Waals surface area contributed by atoms with Gasteiger partial charge in [-0.1, -0.05) is 0 Å². The molecular formula is C13H12F2N2OS. The van der Waals surface area contributed by atoms with Crippen LogP contribution in [0.4, 0.5) is 20.2 Å². The maximum atomic E-state index is 13.7. The first-order chi connectivity index (χ1) is 9.11. The van der Waals surface area contributed by atoms with Crippen molar-refractivity contribution in [2.75, 3.05) is 17.2 Å². The predicted molar refractivity (Wildman–Crippen MR) is 72.8 cm³/mol. The number of rotatable bonds is 4. The van der Waals surface area contributed by atoms with Gasteiger partial charge in [-0.05, 0) is 30.5 Å². The molecule has 2 N–H and O–H groups in total. The summed E-state index contributed by atoms with van der Waals surface area (Å²) >= 11 is 1.42. The second-order valence-corrected chi connectivity index (χ2v) is 4.59. The highest BCUT2D eigenvalue weighted by Gasteiger charge is 2.15. The van der Waals surface area contributed by atoms with E-state index >= 15 is 0 Å². The maximum absolute atomic E-state index is 13.7. The topological polar surface area (TPSA) is 41.1 Å². The first-order valence-corrected chi connectivity index (χ1v) is 6.62. The van der Waals surface area contributed by atoms with E-state index in [9.17, 15) is 13.6 Å². The number of hydrogen-bond donors (Lipinski definition) is 2. The predicted octanol–water partition coefficient (Wildman–Crippen LogP) is 3.71. The molecule has 0 unspecified atom stereocenters. The van der Waals surface area contributed by atoms with Gasteiger partial charge in [0.1, 0.15) is 17.3 Å². The molecule has 2 rings (SSSR count). The molecule has 0 aliphatic heterocycles. The zero-order valence-corrected chi connectivity index (χ0v) is 11.0. The Hall–Kier alpha value is -1.95. The number of nitrogens with one attached hydrogen (secondary N) is 2. The molecule has 0 aliphatic rings. The third-order valence-electron chi connectivity index (χ3n) is 2.44. The minimum atomic E-state index is -0.780. The number of halogens is 2. The van der Waals surface area contributed by atoms with Gasteiger partial charge in [-0.3, -0.25) is 4.79 Å². The zero-order valence-electron chi connectivity index (χ0n) is 10.2. The van der Waals surface area contributed by atoms with Gasteiger partial charge in [0.25, 0.3) is 5.91 Å². The molecule has 100 valence electrons. The fourth-order valence-electron chi connectivity index (χ4n) is 1.59. The first kappa shape index (κ1) is 13.5. The van der Waals surface area contributed by atoms with Crippen LogP contribution >= 0.6 is 11.3 Å². The smallest absolute Gasteiger partial charge is 0.255 e. The summed E-state index contributed by atoms with van der Waals surface area (Å²) in [7, 11) is 0. The van der Waals surface area contributed by atoms with Crippen molar-refractivity contribution in [2.24, 2.45) is 0 Å². The van der Waals surface area contributed by atoms with E-state index in [0.717, 1.165) is 12.1 Å². The van der Waals surface area contributed by atoms with Gasteiger partial charge in [0, 0.05) is 17.5 Å². The highest BCUT2D eigenvalue weighted by Crippen LogP contribution is 2.21. The van der Waals surface area contributed by atoms with Crippen LogP contribution in [0.2, 0.25) is 0 Å². The molecule has 19 heavy (non-hydrogen) atoms. The van der Waals surface area contributed by atoms with Crippen molar-refractivity contribution in [2.45, 2.75) is 6.92 Å². The Morgan fingerprint density at radius 2 is 2.00 bits per heavy atom. The molecule has 0 radical (unpaired) electrons. The molecule has 0 fully saturated rings. The van der Waals surface area contributed by atoms with E-state index in [1.165, 1.54) is 11.3 Å². The summed E-state index contributed by atoms with van der Waals surface area (Å²) in [6.07, 6.45) is 0. The molecule has 1 aromatic carbocycles. The van der Waals surface area contributed by atoms with Gasteiger partial charge in [0.05, 0.1) is 5.69 Å². The van der Waals surface area contributed by atoms with Crippen LogP contribution in [0.3, 0.4) is 0 Å². The molecule has 3 nitrogen and oxygen atoms in total. The fraction of sp³-hybridized carbons (Fsp3) is 0.154. The van der Waals surface area contributed by atoms with Crippen LogP contribution in [0.15, 0.2) is 29.0 Å². The molecule has 2 aromatic rings. The van der Waals surface area contributed by atoms with Crippen molar-refractivity contribution in [3.05, 3.63) is 46.2 Å². The van der Waals surface area contributed by atoms with Crippen LogP contribution in [0.25, 0.3) is 0 Å². The van der Waals surface area contributed by atoms with Crippen LogP contribution in [0.1, 0.15) is 17.3 Å². The average Bonchev–Trinajstić information content (AvgIpc) is 2.86. The molecule has 0 aliphatic carbocycles. The lowest BCUT2D eigenvalue weighted by Gasteiger charge is -2.09. The van der Waals surface area contributed by atoms with E-state index < -0.39 is 17.5 Å². The molecular weight excluding hydrogens is 270 g/mol. The Bertz CT molecular complexity index is 561. The van der Waals surface area contributed by atoms with Crippen LogP contribution in [-0.4, -0.2) is 12.5 Å². The normalized spacial score (nSPS) is 10.3. The summed E-state index contributed by atoms with van der Waals surface area (Å²) in [6.45, 7) is 2.13. The summed E-state index contributed by atoms with van der Waals surface area (Å²) in [4.78, 5) is 11.8. The summed E-state index contributed by atoms with van der Waals surface area (Å²) in [5.41, 5.74) is 0.337. The minimum Gasteiger partial charge on any atom is -0.381 e. The summed E-state index contributed by atoms with van der Waals surface area (Å²) in [6, 6.07) is 3.74. The van der Waals surface area contributed by atoms with Crippen LogP contribution in [-0.2, 0) is 0 Å². The molecule has 1 aromatic heterocycles. The number of anilines is 2. The molecule has 1 heterocycles. The van der Waals surface area contributed by atoms with Crippen molar-refractivity contribution >= 4 is 28.6 Å². The largest absolute Gasteiger partial charge is 0.381 e. The Morgan fingerprint density at radius 3 is 2.53 bits per heavy atom. The molecule has 0 saturated carbocycles. The Labute approximate surface area is 113 Å². The number of thiophene rings is 1. The van der Waals surface area contributed by atoms with Gasteiger partial charge < -0.3 is 10.6 Å². The lowest BCUT2D eigenvalue weighted by molar-refractivity contribution is 0.102. The van der Waals surface area contributed by atoms with E-state index in [-0.39, 0.29) is 11.3 Å². The first-order valence-electron chi connectivity index (χ1n) is 5.68. The molecule has 0 atom stereocenters. The van der Waals surface area contributed by atoms with E-state index in [1.807, 2.05) is 0 Å². The highest BCUT2D eigenvalue weighted by molar-refractivity contribution is 7.08. The second kappa shape index (κ2) is 5.79. The van der Waals surface area contributed by atoms with E-state index in [4.69, 9.17) is 0 Å². The van der Waals surface area contributed by atoms with E-state index in [0.29, 0.717) is 12.2 Å². The Balaban J connectivity index is 2.23. The van der Waals surface area contributed by atoms with E-state index in [1.54, 1.807) is 23.8 Å². The number of carbonyl (C=O) groups excluding carboxylic acids is 1. The van der Waals surface area contributed by atoms with Crippen molar-refractivity contribution in [3.8, 4) is 0 Å². The molecule has 6 heteroatoms. The SMILES string of the molecule is CCNc1c(F)cc(C(=O)Nc2ccsc2)cc1F. The third-order valence-corrected chi connectivity index (χ3v) is 3.12. The standard InChI is InChI=1S/C13H12F2N2OS/c1-2-16-12-10(14)5-8(6-11(12)15)13(18)17-9-3-4-19-7-9/h3-7,16H,2H2,1H3,(H,17,18). The quantitative estimate of drug-likeness (QED) is 0.897. The number of hydrogen-bond acceptors (Lipinski definition) is 3. The van der Waals surface area contributed by atoms with Gasteiger partial charge in [-0.25, -0.2) is 8.78 Å². The maximum Gasteiger partial charge on any atom is 0.255 e. The second-order valence-electron chi connectivity index (χ2n) is 3.81. The van der Waals surface area contributed by atoms with Crippen molar-refractivity contribution in [1.82, 2.24) is 0 Å². The number of carbonyl (C=O) groups is 1. The summed E-state index contributed by atoms with van der Waals surface area (Å²) in [5.74, 6) is -2.10. The monoisotopic (exact) mass is 282 g/mol. The zero-order chi connectivity index (χ0) is 13.8. The van der Waals surface area contributed by atoms with Crippen LogP contribution in [0, 0.1) is 11.6 Å². The lowest BCUT2D eigenvalue weighted by atomic mass is 10.1. The van der Waals surface area contributed by atoms with Gasteiger partial charge in [0.2, 0.25) is 0 Å². The van der Waals surface area contributed by atoms with E-state index in [2.05, 4.69) is 10.6 Å². The van der Waals surface area contributed by atoms with Crippen molar-refractivity contribution in [3.63, 3.8) is 0 Å². The molecule has 1 amide bonds. The molecule has 0 spiro atoms. The minimum absolute atomic E-state index is 0.0529. The Kier molecular flexibility index (Phi) is 4.11. The fourth-order valence-corrected chi connectivity index (χ4v) is 2.18. The summed E-state index contributed by atoms with van der Waals surface area (Å²) in [5, 5.41) is 8.67. The third kappa shape index (κ3) is 3.08. The average molecular weight is 282 g/mol. The van der Waals surface area contributed by atoms with Crippen molar-refractivity contribution < 1.29 is 13.6 Å². The summed E-state index contributed by atoms with van der Waals surface area (Å²) < 4.78 is 27.3. The van der Waals surface area contributed by atoms with Gasteiger partial charge >= 0.3 is 0 Å². The lowest BCUT2D eigenvalue weighted by Crippen LogP contribution is -2.13. The van der Waals surface area contributed by atoms with Crippen LogP contribution < -0.4 is 10.6 Å². The number of amides is 1. The molecule has 0 saturated heterocycles. The van der Waals surface area contributed by atoms with Crippen LogP contribution in [0.5, 0.6) is 0 Å².